The number of rotatable bonds is 4. The fourth-order valence-corrected chi connectivity index (χ4v) is 4.78. The lowest BCUT2D eigenvalue weighted by atomic mass is 10.2. The van der Waals surface area contributed by atoms with E-state index in [9.17, 15) is 22.0 Å². The molecular weight excluding hydrogens is 402 g/mol. The minimum absolute atomic E-state index is 0.0610. The summed E-state index contributed by atoms with van der Waals surface area (Å²) in [6.07, 6.45) is 0. The van der Waals surface area contributed by atoms with Crippen LogP contribution in [0.25, 0.3) is 0 Å². The monoisotopic (exact) mass is 424 g/mol. The number of carbonyl (C=O) groups is 1. The summed E-state index contributed by atoms with van der Waals surface area (Å²) in [6, 6.07) is 9.42. The summed E-state index contributed by atoms with van der Waals surface area (Å²) in [5.41, 5.74) is 0.493. The Morgan fingerprint density at radius 2 is 1.90 bits per heavy atom. The molecule has 1 atom stereocenters. The molecule has 1 heterocycles. The smallest absolute Gasteiger partial charge is 0.317 e. The zero-order chi connectivity index (χ0) is 21.0. The van der Waals surface area contributed by atoms with Gasteiger partial charge in [0.25, 0.3) is 0 Å². The van der Waals surface area contributed by atoms with Crippen molar-refractivity contribution in [3.05, 3.63) is 59.7 Å². The van der Waals surface area contributed by atoms with E-state index in [4.69, 9.17) is 4.74 Å². The number of nitrogens with one attached hydrogen (secondary N) is 1. The van der Waals surface area contributed by atoms with Gasteiger partial charge in [0.1, 0.15) is 0 Å². The Balaban J connectivity index is 1.60. The molecule has 1 fully saturated rings. The van der Waals surface area contributed by atoms with E-state index >= 15 is 0 Å². The molecule has 6 nitrogen and oxygen atoms in total. The summed E-state index contributed by atoms with van der Waals surface area (Å²) >= 11 is 0. The van der Waals surface area contributed by atoms with Crippen LogP contribution in [0.5, 0.6) is 11.5 Å². The number of nitrogens with zero attached hydrogens (tertiary/aromatic N) is 1. The van der Waals surface area contributed by atoms with Gasteiger partial charge in [0.15, 0.2) is 33.0 Å². The molecule has 0 spiro atoms. The van der Waals surface area contributed by atoms with Gasteiger partial charge in [0.2, 0.25) is 0 Å². The van der Waals surface area contributed by atoms with Crippen molar-refractivity contribution in [3.63, 3.8) is 0 Å². The molecule has 0 aromatic heterocycles. The number of urea groups is 1. The molecule has 9 heteroatoms. The third-order valence-electron chi connectivity index (χ3n) is 4.53. The second kappa shape index (κ2) is 8.77. The maximum atomic E-state index is 14.3. The average Bonchev–Trinajstić information content (AvgIpc) is 2.80. The molecule has 2 amide bonds. The van der Waals surface area contributed by atoms with E-state index in [1.165, 1.54) is 35.2 Å². The maximum Gasteiger partial charge on any atom is 0.317 e. The zero-order valence-electron chi connectivity index (χ0n) is 15.9. The number of halogens is 2. The fourth-order valence-electron chi connectivity index (χ4n) is 3.14. The summed E-state index contributed by atoms with van der Waals surface area (Å²) in [5.74, 6) is -1.66. The Labute approximate surface area is 168 Å². The van der Waals surface area contributed by atoms with Crippen LogP contribution in [0, 0.1) is 17.6 Å². The van der Waals surface area contributed by atoms with Crippen molar-refractivity contribution in [1.29, 1.82) is 0 Å². The van der Waals surface area contributed by atoms with Crippen molar-refractivity contribution in [2.24, 2.45) is 5.92 Å². The molecule has 0 radical (unpaired) electrons. The first-order valence-corrected chi connectivity index (χ1v) is 11.0. The van der Waals surface area contributed by atoms with Gasteiger partial charge in [-0.1, -0.05) is 25.1 Å². The molecule has 0 saturated carbocycles. The SMILES string of the molecule is CC1CN(C(=O)NCc2ccc(Oc3ccccc3F)c(F)c2)CCS(=O)(=O)C1. The molecule has 1 aliphatic rings. The van der Waals surface area contributed by atoms with Gasteiger partial charge in [-0.05, 0) is 35.7 Å². The first-order chi connectivity index (χ1) is 13.7. The highest BCUT2D eigenvalue weighted by atomic mass is 32.2. The number of amides is 2. The molecule has 0 aliphatic carbocycles. The van der Waals surface area contributed by atoms with Crippen LogP contribution in [0.4, 0.5) is 13.6 Å². The highest BCUT2D eigenvalue weighted by molar-refractivity contribution is 7.91. The Bertz CT molecular complexity index is 998. The van der Waals surface area contributed by atoms with Gasteiger partial charge in [-0.3, -0.25) is 0 Å². The lowest BCUT2D eigenvalue weighted by molar-refractivity contribution is 0.195. The Morgan fingerprint density at radius 1 is 1.17 bits per heavy atom. The summed E-state index contributed by atoms with van der Waals surface area (Å²) in [6.45, 7) is 2.32. The van der Waals surface area contributed by atoms with Crippen molar-refractivity contribution in [1.82, 2.24) is 10.2 Å². The normalized spacial score (nSPS) is 18.7. The molecule has 0 bridgehead atoms. The first-order valence-electron chi connectivity index (χ1n) is 9.17. The second-order valence-corrected chi connectivity index (χ2v) is 9.35. The molecule has 1 unspecified atom stereocenters. The Hall–Kier alpha value is -2.68. The van der Waals surface area contributed by atoms with E-state index in [0.29, 0.717) is 12.1 Å². The maximum absolute atomic E-state index is 14.3. The van der Waals surface area contributed by atoms with Crippen molar-refractivity contribution in [2.45, 2.75) is 13.5 Å². The standard InChI is InChI=1S/C20H22F2N2O4S/c1-14-12-24(8-9-29(26,27)13-14)20(25)23-11-15-6-7-19(17(22)10-15)28-18-5-3-2-4-16(18)21/h2-7,10,14H,8-9,11-13H2,1H3,(H,23,25). The van der Waals surface area contributed by atoms with Gasteiger partial charge in [-0.15, -0.1) is 0 Å². The predicted octanol–water partition coefficient (Wildman–Crippen LogP) is 3.33. The van der Waals surface area contributed by atoms with Gasteiger partial charge in [0, 0.05) is 19.6 Å². The summed E-state index contributed by atoms with van der Waals surface area (Å²) in [5, 5.41) is 2.67. The third-order valence-corrected chi connectivity index (χ3v) is 6.41. The molecule has 1 aliphatic heterocycles. The third kappa shape index (κ3) is 5.66. The zero-order valence-corrected chi connectivity index (χ0v) is 16.7. The van der Waals surface area contributed by atoms with E-state index in [0.717, 1.165) is 0 Å². The van der Waals surface area contributed by atoms with Crippen molar-refractivity contribution >= 4 is 15.9 Å². The van der Waals surface area contributed by atoms with E-state index in [1.807, 2.05) is 0 Å². The van der Waals surface area contributed by atoms with Crippen LogP contribution in [0.15, 0.2) is 42.5 Å². The molecule has 1 N–H and O–H groups in total. The van der Waals surface area contributed by atoms with Crippen LogP contribution in [0.2, 0.25) is 0 Å². The highest BCUT2D eigenvalue weighted by Crippen LogP contribution is 2.27. The first kappa shape index (κ1) is 21.0. The van der Waals surface area contributed by atoms with Gasteiger partial charge in [-0.25, -0.2) is 22.0 Å². The summed E-state index contributed by atoms with van der Waals surface area (Å²) in [7, 11) is -3.15. The molecular formula is C20H22F2N2O4S. The molecule has 2 aromatic carbocycles. The number of hydrogen-bond donors (Lipinski definition) is 1. The number of carbonyl (C=O) groups excluding carboxylic acids is 1. The van der Waals surface area contributed by atoms with Crippen LogP contribution in [0.1, 0.15) is 12.5 Å². The van der Waals surface area contributed by atoms with Crippen LogP contribution in [0.3, 0.4) is 0 Å². The molecule has 156 valence electrons. The summed E-state index contributed by atoms with van der Waals surface area (Å²) in [4.78, 5) is 13.8. The largest absolute Gasteiger partial charge is 0.451 e. The number of hydrogen-bond acceptors (Lipinski definition) is 4. The fraction of sp³-hybridized carbons (Fsp3) is 0.350. The molecule has 2 aromatic rings. The summed E-state index contributed by atoms with van der Waals surface area (Å²) < 4.78 is 56.8. The molecule has 29 heavy (non-hydrogen) atoms. The van der Waals surface area contributed by atoms with Gasteiger partial charge >= 0.3 is 6.03 Å². The number of para-hydroxylation sites is 1. The van der Waals surface area contributed by atoms with Crippen molar-refractivity contribution in [3.8, 4) is 11.5 Å². The molecule has 1 saturated heterocycles. The van der Waals surface area contributed by atoms with Crippen LogP contribution >= 0.6 is 0 Å². The lowest BCUT2D eigenvalue weighted by Gasteiger charge is -2.22. The van der Waals surface area contributed by atoms with E-state index in [1.54, 1.807) is 19.1 Å². The van der Waals surface area contributed by atoms with E-state index < -0.39 is 27.5 Å². The lowest BCUT2D eigenvalue weighted by Crippen LogP contribution is -2.42. The number of benzene rings is 2. The quantitative estimate of drug-likeness (QED) is 0.817. The highest BCUT2D eigenvalue weighted by Gasteiger charge is 2.26. The van der Waals surface area contributed by atoms with Crippen LogP contribution < -0.4 is 10.1 Å². The van der Waals surface area contributed by atoms with Crippen molar-refractivity contribution < 1.29 is 26.7 Å². The molecule has 3 rings (SSSR count). The topological polar surface area (TPSA) is 75.7 Å². The van der Waals surface area contributed by atoms with Gasteiger partial charge < -0.3 is 15.0 Å². The van der Waals surface area contributed by atoms with E-state index in [-0.39, 0.29) is 42.0 Å². The Morgan fingerprint density at radius 3 is 2.62 bits per heavy atom. The predicted molar refractivity (Wildman–Crippen MR) is 105 cm³/mol. The minimum Gasteiger partial charge on any atom is -0.451 e. The van der Waals surface area contributed by atoms with Gasteiger partial charge in [-0.2, -0.15) is 0 Å². The number of sulfone groups is 1. The van der Waals surface area contributed by atoms with E-state index in [2.05, 4.69) is 5.32 Å². The van der Waals surface area contributed by atoms with Crippen LogP contribution in [-0.2, 0) is 16.4 Å². The minimum atomic E-state index is -3.15. The second-order valence-electron chi connectivity index (χ2n) is 7.12. The van der Waals surface area contributed by atoms with Crippen LogP contribution in [-0.4, -0.2) is 43.9 Å². The Kier molecular flexibility index (Phi) is 6.36. The number of ether oxygens (including phenoxy) is 1. The average molecular weight is 424 g/mol. The van der Waals surface area contributed by atoms with Crippen molar-refractivity contribution in [2.75, 3.05) is 24.6 Å². The van der Waals surface area contributed by atoms with Gasteiger partial charge in [0.05, 0.1) is 11.5 Å².